The maximum Gasteiger partial charge on any atom is 0.244 e. The lowest BCUT2D eigenvalue weighted by molar-refractivity contribution is -0.119. The van der Waals surface area contributed by atoms with Crippen LogP contribution in [0.1, 0.15) is 27.7 Å². The molecule has 2 aliphatic heterocycles. The van der Waals surface area contributed by atoms with Gasteiger partial charge in [0.15, 0.2) is 16.9 Å². The monoisotopic (exact) mass is 508 g/mol. The lowest BCUT2D eigenvalue weighted by Crippen LogP contribution is -2.21. The summed E-state index contributed by atoms with van der Waals surface area (Å²) < 4.78 is 45.6. The molecule has 0 saturated heterocycles. The summed E-state index contributed by atoms with van der Waals surface area (Å²) in [6.07, 6.45) is 3.02. The molecule has 0 spiro atoms. The number of hydrogen-bond donors (Lipinski definition) is 0. The van der Waals surface area contributed by atoms with Gasteiger partial charge >= 0.3 is 0 Å². The maximum absolute atomic E-state index is 13.2. The van der Waals surface area contributed by atoms with E-state index < -0.39 is 11.6 Å². The fourth-order valence-electron chi connectivity index (χ4n) is 3.90. The Bertz CT molecular complexity index is 1430. The fourth-order valence-corrected chi connectivity index (χ4v) is 3.90. The van der Waals surface area contributed by atoms with Crippen molar-refractivity contribution in [2.45, 2.75) is 39.3 Å². The standard InChI is InChI=1S/C28H28O9/c1-27(2)33-15-20(36-27)13-31-19-10-24(32-14-21-16-34-28(3,4)37-21)26-22(29)12-23(35-25(26)11-19)17-6-8-18(30-5)9-7-17/h6-12,15-16H,13-14H2,1-5H3. The van der Waals surface area contributed by atoms with E-state index in [0.717, 1.165) is 5.56 Å². The molecule has 0 amide bonds. The molecule has 9 nitrogen and oxygen atoms in total. The normalized spacial score (nSPS) is 17.1. The Labute approximate surface area is 213 Å². The van der Waals surface area contributed by atoms with E-state index in [9.17, 15) is 4.79 Å². The van der Waals surface area contributed by atoms with E-state index in [1.807, 2.05) is 12.1 Å². The van der Waals surface area contributed by atoms with Gasteiger partial charge in [0.1, 0.15) is 59.7 Å². The number of ether oxygens (including phenoxy) is 7. The quantitative estimate of drug-likeness (QED) is 0.392. The SMILES string of the molecule is COc1ccc(-c2cc(=O)c3c(OCC4=COC(C)(C)O4)cc(OCC4=COC(C)(C)O4)cc3o2)cc1. The molecule has 3 heterocycles. The number of fused-ring (bicyclic) bond motifs is 1. The Morgan fingerprint density at radius 2 is 1.41 bits per heavy atom. The summed E-state index contributed by atoms with van der Waals surface area (Å²) in [7, 11) is 1.59. The van der Waals surface area contributed by atoms with Crippen molar-refractivity contribution < 1.29 is 37.6 Å². The first-order chi connectivity index (χ1) is 17.6. The van der Waals surface area contributed by atoms with Crippen LogP contribution in [0.4, 0.5) is 0 Å². The average Bonchev–Trinajstić information content (AvgIpc) is 3.40. The van der Waals surface area contributed by atoms with Crippen molar-refractivity contribution in [2.75, 3.05) is 20.3 Å². The molecule has 2 aromatic carbocycles. The second-order valence-corrected chi connectivity index (χ2v) is 9.48. The van der Waals surface area contributed by atoms with Gasteiger partial charge in [-0.3, -0.25) is 4.79 Å². The first-order valence-electron chi connectivity index (χ1n) is 11.7. The number of methoxy groups -OCH3 is 1. The topological polar surface area (TPSA) is 94.8 Å². The van der Waals surface area contributed by atoms with Gasteiger partial charge < -0.3 is 37.6 Å². The van der Waals surface area contributed by atoms with E-state index in [1.165, 1.54) is 18.6 Å². The highest BCUT2D eigenvalue weighted by molar-refractivity contribution is 5.86. The summed E-state index contributed by atoms with van der Waals surface area (Å²) in [6.45, 7) is 7.36. The molecule has 0 radical (unpaired) electrons. The minimum atomic E-state index is -0.775. The molecule has 9 heteroatoms. The van der Waals surface area contributed by atoms with Crippen LogP contribution in [0.15, 0.2) is 75.7 Å². The number of rotatable bonds is 8. The predicted molar refractivity (Wildman–Crippen MR) is 134 cm³/mol. The average molecular weight is 509 g/mol. The minimum Gasteiger partial charge on any atom is -0.497 e. The first-order valence-corrected chi connectivity index (χ1v) is 11.7. The van der Waals surface area contributed by atoms with E-state index in [2.05, 4.69) is 0 Å². The summed E-state index contributed by atoms with van der Waals surface area (Å²) in [4.78, 5) is 13.2. The van der Waals surface area contributed by atoms with Crippen molar-refractivity contribution >= 4 is 11.0 Å². The van der Waals surface area contributed by atoms with Crippen molar-refractivity contribution in [2.24, 2.45) is 0 Å². The molecule has 2 aliphatic rings. The smallest absolute Gasteiger partial charge is 0.244 e. The summed E-state index contributed by atoms with van der Waals surface area (Å²) in [5.41, 5.74) is 0.770. The summed E-state index contributed by atoms with van der Waals surface area (Å²) in [6, 6.07) is 11.9. The van der Waals surface area contributed by atoms with Gasteiger partial charge in [0, 0.05) is 51.5 Å². The second kappa shape index (κ2) is 9.31. The molecule has 0 saturated carbocycles. The third kappa shape index (κ3) is 5.45. The van der Waals surface area contributed by atoms with Gasteiger partial charge in [0.25, 0.3) is 0 Å². The van der Waals surface area contributed by atoms with Crippen LogP contribution in [0.2, 0.25) is 0 Å². The molecule has 0 atom stereocenters. The third-order valence-corrected chi connectivity index (χ3v) is 5.60. The number of hydrogen-bond acceptors (Lipinski definition) is 9. The van der Waals surface area contributed by atoms with Gasteiger partial charge in [-0.05, 0) is 24.3 Å². The second-order valence-electron chi connectivity index (χ2n) is 9.48. The van der Waals surface area contributed by atoms with E-state index in [-0.39, 0.29) is 29.8 Å². The molecule has 3 aromatic rings. The molecule has 5 rings (SSSR count). The van der Waals surface area contributed by atoms with Gasteiger partial charge in [0.2, 0.25) is 11.6 Å². The zero-order chi connectivity index (χ0) is 26.2. The molecular formula is C28H28O9. The van der Waals surface area contributed by atoms with Crippen molar-refractivity contribution in [1.82, 2.24) is 0 Å². The van der Waals surface area contributed by atoms with Crippen molar-refractivity contribution in [3.05, 3.63) is 76.7 Å². The van der Waals surface area contributed by atoms with Crippen LogP contribution in [0.3, 0.4) is 0 Å². The van der Waals surface area contributed by atoms with Crippen LogP contribution in [0.25, 0.3) is 22.3 Å². The lowest BCUT2D eigenvalue weighted by Gasteiger charge is -2.19. The number of benzene rings is 2. The van der Waals surface area contributed by atoms with E-state index >= 15 is 0 Å². The molecule has 0 N–H and O–H groups in total. The van der Waals surface area contributed by atoms with Gasteiger partial charge in [-0.2, -0.15) is 0 Å². The Morgan fingerprint density at radius 1 is 0.784 bits per heavy atom. The summed E-state index contributed by atoms with van der Waals surface area (Å²) in [5, 5.41) is 0.282. The highest BCUT2D eigenvalue weighted by atomic mass is 16.7. The Hall–Kier alpha value is -4.27. The van der Waals surface area contributed by atoms with Crippen LogP contribution < -0.4 is 19.6 Å². The van der Waals surface area contributed by atoms with Crippen molar-refractivity contribution in [1.29, 1.82) is 0 Å². The van der Waals surface area contributed by atoms with Crippen LogP contribution in [-0.2, 0) is 18.9 Å². The highest BCUT2D eigenvalue weighted by Gasteiger charge is 2.29. The van der Waals surface area contributed by atoms with Crippen LogP contribution in [0.5, 0.6) is 17.2 Å². The van der Waals surface area contributed by atoms with Crippen LogP contribution >= 0.6 is 0 Å². The highest BCUT2D eigenvalue weighted by Crippen LogP contribution is 2.34. The van der Waals surface area contributed by atoms with Gasteiger partial charge in [-0.1, -0.05) is 0 Å². The Morgan fingerprint density at radius 3 is 1.97 bits per heavy atom. The zero-order valence-corrected chi connectivity index (χ0v) is 21.3. The fraction of sp³-hybridized carbons (Fsp3) is 0.321. The largest absolute Gasteiger partial charge is 0.497 e. The molecule has 1 aromatic heterocycles. The molecular weight excluding hydrogens is 480 g/mol. The molecule has 37 heavy (non-hydrogen) atoms. The summed E-state index contributed by atoms with van der Waals surface area (Å²) >= 11 is 0. The van der Waals surface area contributed by atoms with E-state index in [4.69, 9.17) is 37.6 Å². The van der Waals surface area contributed by atoms with Gasteiger partial charge in [-0.15, -0.1) is 0 Å². The third-order valence-electron chi connectivity index (χ3n) is 5.60. The lowest BCUT2D eigenvalue weighted by atomic mass is 10.1. The van der Waals surface area contributed by atoms with Crippen molar-refractivity contribution in [3.8, 4) is 28.6 Å². The van der Waals surface area contributed by atoms with Crippen LogP contribution in [0, 0.1) is 0 Å². The van der Waals surface area contributed by atoms with Crippen LogP contribution in [-0.4, -0.2) is 31.9 Å². The minimum absolute atomic E-state index is 0.0535. The predicted octanol–water partition coefficient (Wildman–Crippen LogP) is 5.47. The molecule has 0 aliphatic carbocycles. The molecule has 0 fully saturated rings. The Kier molecular flexibility index (Phi) is 6.15. The van der Waals surface area contributed by atoms with E-state index in [1.54, 1.807) is 59.1 Å². The molecule has 0 bridgehead atoms. The van der Waals surface area contributed by atoms with Gasteiger partial charge in [0.05, 0.1) is 7.11 Å². The van der Waals surface area contributed by atoms with Gasteiger partial charge in [-0.25, -0.2) is 0 Å². The zero-order valence-electron chi connectivity index (χ0n) is 21.3. The molecule has 194 valence electrons. The molecule has 0 unspecified atom stereocenters. The van der Waals surface area contributed by atoms with E-state index in [0.29, 0.717) is 34.4 Å². The Balaban J connectivity index is 1.48. The first kappa shape index (κ1) is 24.4. The maximum atomic E-state index is 13.2. The van der Waals surface area contributed by atoms with Crippen molar-refractivity contribution in [3.63, 3.8) is 0 Å². The summed E-state index contributed by atoms with van der Waals surface area (Å²) in [5.74, 6) is 1.31.